The number of ether oxygens (including phenoxy) is 3. The van der Waals surface area contributed by atoms with Crippen LogP contribution in [0.1, 0.15) is 96.3 Å². The molecule has 3 unspecified atom stereocenters. The zero-order chi connectivity index (χ0) is 18.6. The largest absolute Gasteiger partial charge is 0.378 e. The second kappa shape index (κ2) is 13.5. The van der Waals surface area contributed by atoms with Gasteiger partial charge in [0.25, 0.3) is 0 Å². The minimum absolute atomic E-state index is 0.475. The fourth-order valence-electron chi connectivity index (χ4n) is 4.86. The molecular weight excluding hydrogens is 356 g/mol. The summed E-state index contributed by atoms with van der Waals surface area (Å²) in [6, 6.07) is 0. The molecule has 0 amide bonds. The predicted octanol–water partition coefficient (Wildman–Crippen LogP) is 5.22. The highest BCUT2D eigenvalue weighted by Gasteiger charge is 2.40. The maximum absolute atomic E-state index is 6.01. The molecular formula is C23H43O3S+. The Morgan fingerprint density at radius 3 is 1.85 bits per heavy atom. The lowest BCUT2D eigenvalue weighted by molar-refractivity contribution is 0.00977. The Morgan fingerprint density at radius 1 is 0.630 bits per heavy atom. The topological polar surface area (TPSA) is 27.7 Å². The molecule has 0 bridgehead atoms. The fourth-order valence-corrected chi connectivity index (χ4v) is 6.51. The van der Waals surface area contributed by atoms with E-state index in [2.05, 4.69) is 0 Å². The van der Waals surface area contributed by atoms with Gasteiger partial charge in [-0.25, -0.2) is 0 Å². The number of thiol groups is 1. The van der Waals surface area contributed by atoms with Gasteiger partial charge in [0.1, 0.15) is 18.0 Å². The molecule has 3 atom stereocenters. The summed E-state index contributed by atoms with van der Waals surface area (Å²) in [4.78, 5) is 0. The van der Waals surface area contributed by atoms with E-state index in [4.69, 9.17) is 14.2 Å². The first-order chi connectivity index (χ1) is 13.4. The third-order valence-corrected chi connectivity index (χ3v) is 8.15. The number of hydrogen-bond donors (Lipinski definition) is 0. The van der Waals surface area contributed by atoms with Crippen LogP contribution < -0.4 is 0 Å². The molecule has 3 rings (SSSR count). The molecule has 3 nitrogen and oxygen atoms in total. The van der Waals surface area contributed by atoms with E-state index in [9.17, 15) is 0 Å². The lowest BCUT2D eigenvalue weighted by Gasteiger charge is -2.22. The third-order valence-electron chi connectivity index (χ3n) is 6.49. The van der Waals surface area contributed by atoms with E-state index in [1.54, 1.807) is 11.8 Å². The normalized spacial score (nSPS) is 30.0. The summed E-state index contributed by atoms with van der Waals surface area (Å²) >= 11 is 1.59. The van der Waals surface area contributed by atoms with E-state index in [1.165, 1.54) is 102 Å². The Hall–Kier alpha value is 0.230. The summed E-state index contributed by atoms with van der Waals surface area (Å²) in [5, 5.41) is 0.636. The van der Waals surface area contributed by atoms with Gasteiger partial charge in [-0.3, -0.25) is 0 Å². The number of unbranched alkanes of at least 4 members (excludes halogenated alkanes) is 6. The molecule has 0 aromatic heterocycles. The summed E-state index contributed by atoms with van der Waals surface area (Å²) in [5.41, 5.74) is 0. The smallest absolute Gasteiger partial charge is 0.167 e. The van der Waals surface area contributed by atoms with Gasteiger partial charge in [0.15, 0.2) is 5.25 Å². The molecule has 3 fully saturated rings. The van der Waals surface area contributed by atoms with E-state index in [0.29, 0.717) is 23.6 Å². The lowest BCUT2D eigenvalue weighted by Crippen LogP contribution is -2.38. The van der Waals surface area contributed by atoms with Crippen molar-refractivity contribution >= 4 is 11.8 Å². The Balaban J connectivity index is 1.15. The highest BCUT2D eigenvalue weighted by Crippen LogP contribution is 2.27. The van der Waals surface area contributed by atoms with E-state index in [-0.39, 0.29) is 0 Å². The van der Waals surface area contributed by atoms with Gasteiger partial charge in [0.2, 0.25) is 0 Å². The standard InChI is InChI=1S/C23H42O3S/c1(2-4-6-12-20-13-7-8-16-24-20)3-5-9-19-27-23(21-14-10-17-25-21)22-15-11-18-26-22/h20-23H,1-19H2/p+1. The first-order valence-corrected chi connectivity index (χ1v) is 13.1. The summed E-state index contributed by atoms with van der Waals surface area (Å²) in [5.74, 6) is 1.34. The Morgan fingerprint density at radius 2 is 1.26 bits per heavy atom. The molecule has 0 spiro atoms. The van der Waals surface area contributed by atoms with Crippen molar-refractivity contribution in [3.63, 3.8) is 0 Å². The SMILES string of the molecule is C(CCCC[SH+]C(C1CCCO1)C1CCCO1)CCCCC1CCCCO1. The van der Waals surface area contributed by atoms with Crippen molar-refractivity contribution in [1.82, 2.24) is 0 Å². The van der Waals surface area contributed by atoms with Crippen LogP contribution in [0.5, 0.6) is 0 Å². The fraction of sp³-hybridized carbons (Fsp3) is 1.00. The minimum Gasteiger partial charge on any atom is -0.378 e. The van der Waals surface area contributed by atoms with Gasteiger partial charge in [-0.1, -0.05) is 32.1 Å². The minimum atomic E-state index is 0.475. The summed E-state index contributed by atoms with van der Waals surface area (Å²) in [6.07, 6.45) is 21.6. The van der Waals surface area contributed by atoms with Gasteiger partial charge >= 0.3 is 0 Å². The van der Waals surface area contributed by atoms with Gasteiger partial charge in [0, 0.05) is 19.8 Å². The summed E-state index contributed by atoms with van der Waals surface area (Å²) < 4.78 is 17.8. The van der Waals surface area contributed by atoms with E-state index >= 15 is 0 Å². The van der Waals surface area contributed by atoms with Crippen LogP contribution in [0, 0.1) is 0 Å². The molecule has 3 saturated heterocycles. The van der Waals surface area contributed by atoms with Crippen molar-refractivity contribution in [2.75, 3.05) is 25.6 Å². The predicted molar refractivity (Wildman–Crippen MR) is 116 cm³/mol. The van der Waals surface area contributed by atoms with Crippen molar-refractivity contribution in [3.05, 3.63) is 0 Å². The van der Waals surface area contributed by atoms with Gasteiger partial charge in [-0.2, -0.15) is 0 Å². The molecule has 3 aliphatic rings. The zero-order valence-corrected chi connectivity index (χ0v) is 18.3. The highest BCUT2D eigenvalue weighted by atomic mass is 32.2. The lowest BCUT2D eigenvalue weighted by atomic mass is 10.0. The molecule has 0 aliphatic carbocycles. The zero-order valence-electron chi connectivity index (χ0n) is 17.4. The molecule has 3 aliphatic heterocycles. The molecule has 0 N–H and O–H groups in total. The van der Waals surface area contributed by atoms with Crippen LogP contribution in [0.2, 0.25) is 0 Å². The van der Waals surface area contributed by atoms with Gasteiger partial charge in [-0.05, 0) is 76.0 Å². The molecule has 0 radical (unpaired) electrons. The van der Waals surface area contributed by atoms with Crippen LogP contribution in [0.4, 0.5) is 0 Å². The maximum atomic E-state index is 6.01. The van der Waals surface area contributed by atoms with Gasteiger partial charge in [-0.15, -0.1) is 0 Å². The van der Waals surface area contributed by atoms with Crippen molar-refractivity contribution in [2.24, 2.45) is 0 Å². The van der Waals surface area contributed by atoms with Crippen LogP contribution in [0.25, 0.3) is 0 Å². The first kappa shape index (κ1) is 21.9. The summed E-state index contributed by atoms with van der Waals surface area (Å²) in [7, 11) is 0. The molecule has 0 aromatic carbocycles. The monoisotopic (exact) mass is 399 g/mol. The molecule has 4 heteroatoms. The quantitative estimate of drug-likeness (QED) is 0.241. The molecule has 27 heavy (non-hydrogen) atoms. The molecule has 3 heterocycles. The van der Waals surface area contributed by atoms with Gasteiger partial charge < -0.3 is 14.2 Å². The van der Waals surface area contributed by atoms with Crippen molar-refractivity contribution in [3.8, 4) is 0 Å². The molecule has 0 saturated carbocycles. The van der Waals surface area contributed by atoms with Gasteiger partial charge in [0.05, 0.1) is 6.10 Å². The van der Waals surface area contributed by atoms with Crippen LogP contribution in [0.15, 0.2) is 0 Å². The van der Waals surface area contributed by atoms with Crippen LogP contribution in [-0.2, 0) is 26.0 Å². The van der Waals surface area contributed by atoms with E-state index in [0.717, 1.165) is 19.8 Å². The van der Waals surface area contributed by atoms with Crippen LogP contribution >= 0.6 is 0 Å². The van der Waals surface area contributed by atoms with Crippen LogP contribution in [-0.4, -0.2) is 49.1 Å². The summed E-state index contributed by atoms with van der Waals surface area (Å²) in [6.45, 7) is 2.94. The number of hydrogen-bond acceptors (Lipinski definition) is 3. The average Bonchev–Trinajstić information content (AvgIpc) is 3.41. The maximum Gasteiger partial charge on any atom is 0.167 e. The van der Waals surface area contributed by atoms with E-state index < -0.39 is 0 Å². The third kappa shape index (κ3) is 8.24. The molecule has 158 valence electrons. The first-order valence-electron chi connectivity index (χ1n) is 11.9. The number of rotatable bonds is 13. The Labute approximate surface area is 171 Å². The Bertz CT molecular complexity index is 345. The molecule has 0 aromatic rings. The van der Waals surface area contributed by atoms with Crippen molar-refractivity contribution in [2.45, 2.75) is 120 Å². The average molecular weight is 400 g/mol. The Kier molecular flexibility index (Phi) is 10.9. The van der Waals surface area contributed by atoms with Crippen molar-refractivity contribution in [1.29, 1.82) is 0 Å². The second-order valence-electron chi connectivity index (χ2n) is 8.75. The van der Waals surface area contributed by atoms with Crippen molar-refractivity contribution < 1.29 is 14.2 Å². The highest BCUT2D eigenvalue weighted by molar-refractivity contribution is 7.79. The van der Waals surface area contributed by atoms with E-state index in [1.807, 2.05) is 0 Å². The second-order valence-corrected chi connectivity index (χ2v) is 10.2. The van der Waals surface area contributed by atoms with Crippen LogP contribution in [0.3, 0.4) is 0 Å².